The summed E-state index contributed by atoms with van der Waals surface area (Å²) in [7, 11) is -2.75. The largest absolute Gasteiger partial charge is 0.460 e. The molecule has 3 aliphatic rings. The Morgan fingerprint density at radius 3 is 2.45 bits per heavy atom. The van der Waals surface area contributed by atoms with Gasteiger partial charge >= 0.3 is 0 Å². The van der Waals surface area contributed by atoms with Gasteiger partial charge in [0.2, 0.25) is 21.7 Å². The molecule has 0 aromatic heterocycles. The van der Waals surface area contributed by atoms with Crippen molar-refractivity contribution in [1.82, 2.24) is 4.31 Å². The van der Waals surface area contributed by atoms with Crippen LogP contribution in [0.2, 0.25) is 0 Å². The number of nitro groups is 1. The summed E-state index contributed by atoms with van der Waals surface area (Å²) in [6, 6.07) is 16.2. The summed E-state index contributed by atoms with van der Waals surface area (Å²) in [6.07, 6.45) is 7.94. The molecular weight excluding hydrogens is 793 g/mol. The highest BCUT2D eigenvalue weighted by Gasteiger charge is 2.65. The van der Waals surface area contributed by atoms with Crippen LogP contribution in [0.3, 0.4) is 0 Å². The van der Waals surface area contributed by atoms with Crippen molar-refractivity contribution in [2.24, 2.45) is 22.9 Å². The lowest BCUT2D eigenvalue weighted by Gasteiger charge is -2.59. The van der Waals surface area contributed by atoms with Crippen molar-refractivity contribution in [1.29, 1.82) is 0 Å². The quantitative estimate of drug-likeness (QED) is 0.0446. The topological polar surface area (TPSA) is 199 Å². The number of likely N-dealkylation sites (N-methyl/N-ethyl adjacent to an activating group) is 1. The molecule has 3 aromatic rings. The second-order valence-corrected chi connectivity index (χ2v) is 17.3. The first-order valence-electron chi connectivity index (χ1n) is 20.4. The highest BCUT2D eigenvalue weighted by Crippen LogP contribution is 2.62. The number of nitrogens with one attached hydrogen (secondary N) is 1. The summed E-state index contributed by atoms with van der Waals surface area (Å²) in [4.78, 5) is 28.5. The molecule has 1 saturated carbocycles. The molecule has 15 nitrogen and oxygen atoms in total. The summed E-state index contributed by atoms with van der Waals surface area (Å²) >= 11 is 0. The molecule has 6 rings (SSSR count). The maximum atomic E-state index is 14.7. The molecule has 1 heterocycles. The molecule has 3 aromatic carbocycles. The van der Waals surface area contributed by atoms with Gasteiger partial charge in [0.25, 0.3) is 5.69 Å². The minimum Gasteiger partial charge on any atom is -0.460 e. The summed E-state index contributed by atoms with van der Waals surface area (Å²) in [6.45, 7) is 7.47. The van der Waals surface area contributed by atoms with E-state index in [0.29, 0.717) is 48.6 Å². The number of carbonyl (C=O) groups is 1. The number of hydrogen-bond acceptors (Lipinski definition) is 12. The Hall–Kier alpha value is -5.13. The van der Waals surface area contributed by atoms with Crippen LogP contribution < -0.4 is 14.8 Å². The molecule has 1 amide bonds. The zero-order chi connectivity index (χ0) is 43.0. The predicted octanol–water partition coefficient (Wildman–Crippen LogP) is 7.32. The molecule has 1 fully saturated rings. The lowest BCUT2D eigenvalue weighted by molar-refractivity contribution is -0.384. The van der Waals surface area contributed by atoms with Crippen LogP contribution >= 0.6 is 0 Å². The van der Waals surface area contributed by atoms with Gasteiger partial charge in [-0.05, 0) is 98.5 Å². The molecule has 16 heteroatoms. The lowest BCUT2D eigenvalue weighted by Crippen LogP contribution is -2.69. The smallest absolute Gasteiger partial charge is 0.273 e. The number of anilines is 1. The van der Waals surface area contributed by atoms with Gasteiger partial charge in [-0.15, -0.1) is 6.58 Å². The maximum absolute atomic E-state index is 14.7. The van der Waals surface area contributed by atoms with Crippen LogP contribution in [-0.2, 0) is 24.4 Å². The average Bonchev–Trinajstić information content (AvgIpc) is 3.23. The molecule has 3 N–H and O–H groups in total. The molecule has 2 aliphatic carbocycles. The van der Waals surface area contributed by atoms with E-state index in [1.54, 1.807) is 30.3 Å². The Morgan fingerprint density at radius 1 is 1.07 bits per heavy atom. The Morgan fingerprint density at radius 2 is 1.78 bits per heavy atom. The third-order valence-electron chi connectivity index (χ3n) is 11.5. The first kappa shape index (κ1) is 44.4. The van der Waals surface area contributed by atoms with Crippen molar-refractivity contribution in [3.63, 3.8) is 0 Å². The van der Waals surface area contributed by atoms with E-state index < -0.39 is 32.7 Å². The third kappa shape index (κ3) is 9.27. The predicted molar refractivity (Wildman–Crippen MR) is 225 cm³/mol. The zero-order valence-electron chi connectivity index (χ0n) is 34.2. The van der Waals surface area contributed by atoms with Crippen molar-refractivity contribution in [2.45, 2.75) is 81.4 Å². The number of amides is 1. The van der Waals surface area contributed by atoms with Gasteiger partial charge < -0.3 is 34.6 Å². The highest BCUT2D eigenvalue weighted by molar-refractivity contribution is 7.89. The van der Waals surface area contributed by atoms with Gasteiger partial charge in [0.15, 0.2) is 0 Å². The fourth-order valence-corrected chi connectivity index (χ4v) is 10.3. The summed E-state index contributed by atoms with van der Waals surface area (Å²) in [5.41, 5.74) is 2.46. The van der Waals surface area contributed by atoms with Gasteiger partial charge in [0.05, 0.1) is 40.2 Å². The number of sulfonamides is 1. The number of allylic oxidation sites excluding steroid dienone is 1. The van der Waals surface area contributed by atoms with Gasteiger partial charge in [-0.25, -0.2) is 8.42 Å². The van der Waals surface area contributed by atoms with Gasteiger partial charge in [-0.3, -0.25) is 14.9 Å². The van der Waals surface area contributed by atoms with Crippen LogP contribution in [0, 0.1) is 27.9 Å². The molecular formula is C44H54N4O11S. The van der Waals surface area contributed by atoms with Crippen LogP contribution in [0.5, 0.6) is 17.2 Å². The van der Waals surface area contributed by atoms with E-state index in [1.807, 2.05) is 13.0 Å². The number of aliphatic hydroxyl groups excluding tert-OH is 2. The molecule has 0 spiro atoms. The van der Waals surface area contributed by atoms with Crippen LogP contribution in [0.1, 0.15) is 70.3 Å². The first-order valence-corrected chi connectivity index (χ1v) is 21.8. The number of nitro benzene ring substituents is 1. The molecule has 6 atom stereocenters. The van der Waals surface area contributed by atoms with Crippen LogP contribution in [0.25, 0.3) is 0 Å². The third-order valence-corrected chi connectivity index (χ3v) is 13.4. The minimum absolute atomic E-state index is 0.00669. The Balaban J connectivity index is 1.57. The van der Waals surface area contributed by atoms with Gasteiger partial charge in [-0.2, -0.15) is 4.31 Å². The molecule has 60 heavy (non-hydrogen) atoms. The summed E-state index contributed by atoms with van der Waals surface area (Å²) in [5, 5.41) is 38.6. The number of unbranched alkanes of at least 4 members (excludes halogenated alkanes) is 2. The fourth-order valence-electron chi connectivity index (χ4n) is 8.95. The van der Waals surface area contributed by atoms with Crippen molar-refractivity contribution in [3.8, 4) is 17.2 Å². The van der Waals surface area contributed by atoms with Crippen molar-refractivity contribution >= 4 is 33.0 Å². The zero-order valence-corrected chi connectivity index (χ0v) is 35.0. The van der Waals surface area contributed by atoms with E-state index in [1.165, 1.54) is 54.7 Å². The van der Waals surface area contributed by atoms with Crippen molar-refractivity contribution < 1.29 is 47.4 Å². The standard InChI is InChI=1S/C44H54N4O11S/c1-5-24-56-44-41(47(4)60(54,55)35-19-16-31(17-20-35)45-29(3)51)28-39(46-57-6-2)37-25-30(12-7-9-22-49)36(15-8-10-23-50)42(43(37)44)38-27-34(18-21-40(38)59-44)58-33-14-11-13-32(26-33)48(52)53/h5,11,13-14,16-21,25-27,30,36,41-43,49-50H,1,6-10,12,15,22-24,28H2,2-4H3,(H,45,51)/t30-,36+,41-,42+,43+,44+/m0/s1. The van der Waals surface area contributed by atoms with Gasteiger partial charge in [-0.1, -0.05) is 36.2 Å². The number of carbonyl (C=O) groups excluding carboxylic acids is 1. The van der Waals surface area contributed by atoms with E-state index in [9.17, 15) is 33.5 Å². The fraction of sp³-hybridized carbons (Fsp3) is 0.455. The Bertz CT molecular complexity index is 2200. The molecule has 0 unspecified atom stereocenters. The highest BCUT2D eigenvalue weighted by atomic mass is 32.2. The summed E-state index contributed by atoms with van der Waals surface area (Å²) < 4.78 is 51.0. The Kier molecular flexibility index (Phi) is 14.4. The number of rotatable bonds is 20. The number of hydrogen-bond donors (Lipinski definition) is 3. The molecule has 322 valence electrons. The number of benzene rings is 3. The number of ether oxygens (including phenoxy) is 3. The van der Waals surface area contributed by atoms with Crippen molar-refractivity contribution in [2.75, 3.05) is 38.8 Å². The normalized spacial score (nSPS) is 23.8. The number of fused-ring (bicyclic) bond motifs is 2. The SMILES string of the molecule is C=CCO[C@@]12Oc3ccc(Oc4cccc([N+](=O)[O-])c4)cc3[C@H]3[C@H](CCCCO)[C@@H](CCCCO)C=C(C(=NOCC)C[C@@H]1N(C)S(=O)(=O)c1ccc(NC(C)=O)cc1)[C@H]32. The Labute approximate surface area is 350 Å². The monoisotopic (exact) mass is 846 g/mol. The minimum atomic E-state index is -4.25. The average molecular weight is 847 g/mol. The van der Waals surface area contributed by atoms with E-state index in [0.717, 1.165) is 24.0 Å². The number of nitrogens with zero attached hydrogens (tertiary/aromatic N) is 3. The van der Waals surface area contributed by atoms with E-state index in [4.69, 9.17) is 19.0 Å². The van der Waals surface area contributed by atoms with Crippen molar-refractivity contribution in [3.05, 3.63) is 107 Å². The van der Waals surface area contributed by atoms with E-state index in [-0.39, 0.29) is 72.8 Å². The van der Waals surface area contributed by atoms with Crippen LogP contribution in [0.4, 0.5) is 11.4 Å². The lowest BCUT2D eigenvalue weighted by atomic mass is 9.55. The van der Waals surface area contributed by atoms with Gasteiger partial charge in [0.1, 0.15) is 23.9 Å². The number of aliphatic hydroxyl groups is 2. The first-order chi connectivity index (χ1) is 28.9. The second kappa shape index (κ2) is 19.5. The second-order valence-electron chi connectivity index (χ2n) is 15.3. The molecule has 0 bridgehead atoms. The number of non-ortho nitro benzene ring substituents is 1. The molecule has 1 aliphatic heterocycles. The maximum Gasteiger partial charge on any atom is 0.273 e. The van der Waals surface area contributed by atoms with Crippen LogP contribution in [-0.4, -0.2) is 84.8 Å². The summed E-state index contributed by atoms with van der Waals surface area (Å²) in [5.74, 6) is -1.92. The molecule has 0 radical (unpaired) electrons. The van der Waals surface area contributed by atoms with E-state index in [2.05, 4.69) is 23.1 Å². The van der Waals surface area contributed by atoms with Gasteiger partial charge in [0, 0.05) is 56.8 Å². The van der Waals surface area contributed by atoms with E-state index >= 15 is 0 Å². The van der Waals surface area contributed by atoms with Crippen LogP contribution in [0.15, 0.2) is 101 Å². The molecule has 0 saturated heterocycles. The number of oxime groups is 1.